The highest BCUT2D eigenvalue weighted by Crippen LogP contribution is 2.38. The Morgan fingerprint density at radius 2 is 1.75 bits per heavy atom. The molecule has 5 unspecified atom stereocenters. The summed E-state index contributed by atoms with van der Waals surface area (Å²) in [7, 11) is 0.175. The Hall–Kier alpha value is -0.950. The standard InChI is InChI=1S/C26H46N2O3S/c1-20(2)16-17-24-21(3)28(5)32(29,30)22(4)25(26(24)27-18-11-19-31-6)15-10-14-23-12-8-7-9-13-23/h7-9,12-13,20-22,24-27H,10-11,14-19H2,1-6H3. The molecular formula is C26H46N2O3S. The number of methoxy groups -OCH3 is 1. The molecule has 2 rings (SSSR count). The number of sulfonamides is 1. The minimum absolute atomic E-state index is 0.0137. The van der Waals surface area contributed by atoms with E-state index in [2.05, 4.69) is 50.4 Å². The molecule has 1 fully saturated rings. The normalized spacial score (nSPS) is 28.7. The Morgan fingerprint density at radius 3 is 2.38 bits per heavy atom. The molecule has 184 valence electrons. The van der Waals surface area contributed by atoms with Crippen molar-refractivity contribution in [1.82, 2.24) is 9.62 Å². The second-order valence-electron chi connectivity index (χ2n) is 10.0. The smallest absolute Gasteiger partial charge is 0.217 e. The lowest BCUT2D eigenvalue weighted by Gasteiger charge is -2.37. The fourth-order valence-electron chi connectivity index (χ4n) is 5.23. The highest BCUT2D eigenvalue weighted by Gasteiger charge is 2.47. The average Bonchev–Trinajstić information content (AvgIpc) is 2.81. The maximum absolute atomic E-state index is 13.5. The highest BCUT2D eigenvalue weighted by atomic mass is 32.2. The van der Waals surface area contributed by atoms with E-state index in [0.717, 1.165) is 51.7 Å². The molecule has 1 heterocycles. The van der Waals surface area contributed by atoms with Crippen LogP contribution < -0.4 is 5.32 Å². The van der Waals surface area contributed by atoms with Crippen LogP contribution in [0.4, 0.5) is 0 Å². The Bertz CT molecular complexity index is 754. The van der Waals surface area contributed by atoms with Gasteiger partial charge in [-0.3, -0.25) is 0 Å². The number of hydrogen-bond donors (Lipinski definition) is 1. The number of rotatable bonds is 12. The third-order valence-corrected chi connectivity index (χ3v) is 9.84. The molecule has 5 atom stereocenters. The van der Waals surface area contributed by atoms with E-state index >= 15 is 0 Å². The van der Waals surface area contributed by atoms with Gasteiger partial charge in [-0.2, -0.15) is 0 Å². The summed E-state index contributed by atoms with van der Waals surface area (Å²) in [4.78, 5) is 0. The molecule has 1 aromatic rings. The molecule has 0 bridgehead atoms. The highest BCUT2D eigenvalue weighted by molar-refractivity contribution is 7.89. The maximum Gasteiger partial charge on any atom is 0.217 e. The molecular weight excluding hydrogens is 420 g/mol. The largest absolute Gasteiger partial charge is 0.385 e. The van der Waals surface area contributed by atoms with Gasteiger partial charge in [0, 0.05) is 32.8 Å². The third-order valence-electron chi connectivity index (χ3n) is 7.42. The molecule has 0 aromatic heterocycles. The monoisotopic (exact) mass is 466 g/mol. The number of ether oxygens (including phenoxy) is 1. The first-order valence-electron chi connectivity index (χ1n) is 12.4. The fourth-order valence-corrected chi connectivity index (χ4v) is 7.12. The van der Waals surface area contributed by atoms with Crippen molar-refractivity contribution in [2.45, 2.75) is 83.6 Å². The van der Waals surface area contributed by atoms with E-state index in [0.29, 0.717) is 11.8 Å². The number of aryl methyl sites for hydroxylation is 1. The van der Waals surface area contributed by atoms with Gasteiger partial charge in [0.25, 0.3) is 0 Å². The molecule has 6 heteroatoms. The molecule has 0 spiro atoms. The topological polar surface area (TPSA) is 58.6 Å². The lowest BCUT2D eigenvalue weighted by atomic mass is 9.77. The molecule has 0 radical (unpaired) electrons. The van der Waals surface area contributed by atoms with E-state index in [1.165, 1.54) is 5.56 Å². The van der Waals surface area contributed by atoms with Gasteiger partial charge in [0.05, 0.1) is 5.25 Å². The Balaban J connectivity index is 2.29. The van der Waals surface area contributed by atoms with Crippen LogP contribution in [0.25, 0.3) is 0 Å². The van der Waals surface area contributed by atoms with Crippen LogP contribution in [0.5, 0.6) is 0 Å². The zero-order valence-corrected chi connectivity index (χ0v) is 21.9. The number of hydrogen-bond acceptors (Lipinski definition) is 4. The second kappa shape index (κ2) is 13.1. The van der Waals surface area contributed by atoms with E-state index in [4.69, 9.17) is 4.74 Å². The Labute approximate surface area is 197 Å². The lowest BCUT2D eigenvalue weighted by Crippen LogP contribution is -2.48. The Morgan fingerprint density at radius 1 is 1.06 bits per heavy atom. The van der Waals surface area contributed by atoms with Gasteiger partial charge in [-0.25, -0.2) is 12.7 Å². The molecule has 0 amide bonds. The van der Waals surface area contributed by atoms with Crippen molar-refractivity contribution in [3.05, 3.63) is 35.9 Å². The van der Waals surface area contributed by atoms with Gasteiger partial charge >= 0.3 is 0 Å². The predicted octanol–water partition coefficient (Wildman–Crippen LogP) is 4.72. The van der Waals surface area contributed by atoms with Crippen molar-refractivity contribution in [2.75, 3.05) is 27.3 Å². The van der Waals surface area contributed by atoms with E-state index in [9.17, 15) is 8.42 Å². The molecule has 1 aliphatic rings. The summed E-state index contributed by atoms with van der Waals surface area (Å²) in [6.07, 6.45) is 6.00. The Kier molecular flexibility index (Phi) is 11.1. The lowest BCUT2D eigenvalue weighted by molar-refractivity contribution is 0.161. The van der Waals surface area contributed by atoms with Crippen LogP contribution in [0, 0.1) is 17.8 Å². The second-order valence-corrected chi connectivity index (χ2v) is 12.4. The minimum atomic E-state index is -3.34. The first-order valence-corrected chi connectivity index (χ1v) is 13.9. The van der Waals surface area contributed by atoms with Gasteiger partial charge in [0.2, 0.25) is 10.0 Å². The van der Waals surface area contributed by atoms with Crippen LogP contribution in [0.15, 0.2) is 30.3 Å². The summed E-state index contributed by atoms with van der Waals surface area (Å²) in [5.74, 6) is 0.998. The summed E-state index contributed by atoms with van der Waals surface area (Å²) in [5.41, 5.74) is 1.32. The van der Waals surface area contributed by atoms with Crippen LogP contribution in [0.2, 0.25) is 0 Å². The van der Waals surface area contributed by atoms with E-state index in [1.807, 2.05) is 13.0 Å². The van der Waals surface area contributed by atoms with Gasteiger partial charge in [-0.05, 0) is 75.8 Å². The van der Waals surface area contributed by atoms with Crippen molar-refractivity contribution < 1.29 is 13.2 Å². The van der Waals surface area contributed by atoms with Gasteiger partial charge in [-0.1, -0.05) is 50.6 Å². The van der Waals surface area contributed by atoms with Crippen molar-refractivity contribution in [3.8, 4) is 0 Å². The van der Waals surface area contributed by atoms with E-state index < -0.39 is 15.3 Å². The van der Waals surface area contributed by atoms with Crippen LogP contribution in [-0.2, 0) is 21.2 Å². The molecule has 1 aromatic carbocycles. The number of benzene rings is 1. The maximum atomic E-state index is 13.5. The van der Waals surface area contributed by atoms with Crippen LogP contribution in [0.3, 0.4) is 0 Å². The zero-order chi connectivity index (χ0) is 23.7. The van der Waals surface area contributed by atoms with E-state index in [1.54, 1.807) is 18.5 Å². The predicted molar refractivity (Wildman–Crippen MR) is 134 cm³/mol. The SMILES string of the molecule is COCCCNC1C(CCC(C)C)C(C)N(C)S(=O)(=O)C(C)C1CCCc1ccccc1. The molecule has 1 aliphatic heterocycles. The first-order chi connectivity index (χ1) is 15.2. The van der Waals surface area contributed by atoms with Crippen molar-refractivity contribution in [2.24, 2.45) is 17.8 Å². The molecule has 5 nitrogen and oxygen atoms in total. The third kappa shape index (κ3) is 7.28. The van der Waals surface area contributed by atoms with Gasteiger partial charge in [-0.15, -0.1) is 0 Å². The molecule has 0 aliphatic carbocycles. The molecule has 1 N–H and O–H groups in total. The summed E-state index contributed by atoms with van der Waals surface area (Å²) in [6, 6.07) is 10.7. The first kappa shape index (κ1) is 27.3. The number of nitrogens with zero attached hydrogens (tertiary/aromatic N) is 1. The van der Waals surface area contributed by atoms with Crippen molar-refractivity contribution >= 4 is 10.0 Å². The van der Waals surface area contributed by atoms with Crippen LogP contribution >= 0.6 is 0 Å². The molecule has 1 saturated heterocycles. The summed E-state index contributed by atoms with van der Waals surface area (Å²) in [5, 5.41) is 3.42. The molecule has 0 saturated carbocycles. The minimum Gasteiger partial charge on any atom is -0.385 e. The zero-order valence-electron chi connectivity index (χ0n) is 21.1. The summed E-state index contributed by atoms with van der Waals surface area (Å²) in [6.45, 7) is 10.1. The van der Waals surface area contributed by atoms with Crippen LogP contribution in [0.1, 0.15) is 65.4 Å². The van der Waals surface area contributed by atoms with Crippen molar-refractivity contribution in [3.63, 3.8) is 0 Å². The van der Waals surface area contributed by atoms with E-state index in [-0.39, 0.29) is 18.0 Å². The van der Waals surface area contributed by atoms with Gasteiger partial charge in [0.15, 0.2) is 0 Å². The van der Waals surface area contributed by atoms with Gasteiger partial charge in [0.1, 0.15) is 0 Å². The molecule has 32 heavy (non-hydrogen) atoms. The summed E-state index contributed by atoms with van der Waals surface area (Å²) >= 11 is 0. The van der Waals surface area contributed by atoms with Gasteiger partial charge < -0.3 is 10.1 Å². The quantitative estimate of drug-likeness (QED) is 0.453. The average molecular weight is 467 g/mol. The fraction of sp³-hybridized carbons (Fsp3) is 0.769. The van der Waals surface area contributed by atoms with Crippen molar-refractivity contribution in [1.29, 1.82) is 0 Å². The summed E-state index contributed by atoms with van der Waals surface area (Å²) < 4.78 is 33.9. The van der Waals surface area contributed by atoms with Crippen LogP contribution in [-0.4, -0.2) is 57.4 Å². The number of nitrogens with one attached hydrogen (secondary N) is 1.